The van der Waals surface area contributed by atoms with E-state index in [2.05, 4.69) is 15.6 Å². The monoisotopic (exact) mass is 419 g/mol. The lowest BCUT2D eigenvalue weighted by Crippen LogP contribution is -2.34. The highest BCUT2D eigenvalue weighted by atomic mass is 19.4. The van der Waals surface area contributed by atoms with Crippen molar-refractivity contribution >= 4 is 6.03 Å². The summed E-state index contributed by atoms with van der Waals surface area (Å²) in [6.07, 6.45) is -2.95. The summed E-state index contributed by atoms with van der Waals surface area (Å²) in [7, 11) is 0. The van der Waals surface area contributed by atoms with Crippen molar-refractivity contribution in [2.45, 2.75) is 19.3 Å². The zero-order chi connectivity index (χ0) is 21.6. The van der Waals surface area contributed by atoms with E-state index >= 15 is 0 Å². The van der Waals surface area contributed by atoms with E-state index in [0.717, 1.165) is 12.1 Å². The summed E-state index contributed by atoms with van der Waals surface area (Å²) in [6.45, 7) is 0.107. The molecule has 30 heavy (non-hydrogen) atoms. The number of benzene rings is 2. The Morgan fingerprint density at radius 2 is 1.67 bits per heavy atom. The van der Waals surface area contributed by atoms with E-state index in [1.807, 2.05) is 0 Å². The molecule has 1 aromatic heterocycles. The van der Waals surface area contributed by atoms with Gasteiger partial charge in [0.25, 0.3) is 0 Å². The predicted octanol–water partition coefficient (Wildman–Crippen LogP) is 5.03. The molecule has 3 aromatic rings. The van der Waals surface area contributed by atoms with Crippen LogP contribution in [0.5, 0.6) is 11.6 Å². The van der Waals surface area contributed by atoms with Gasteiger partial charge in [0.2, 0.25) is 5.88 Å². The summed E-state index contributed by atoms with van der Waals surface area (Å²) >= 11 is 0. The number of alkyl halides is 3. The van der Waals surface area contributed by atoms with Gasteiger partial charge in [-0.05, 0) is 35.4 Å². The molecule has 0 aliphatic heterocycles. The minimum Gasteiger partial charge on any atom is -0.439 e. The van der Waals surface area contributed by atoms with Gasteiger partial charge in [0.15, 0.2) is 0 Å². The SMILES string of the molecule is O=C(NCc1ccc(Oc2cccc(F)c2)nc1)NCc1cccc(C(F)(F)F)c1. The Labute approximate surface area is 169 Å². The lowest BCUT2D eigenvalue weighted by molar-refractivity contribution is -0.137. The number of hydrogen-bond donors (Lipinski definition) is 2. The summed E-state index contributed by atoms with van der Waals surface area (Å²) in [5, 5.41) is 5.09. The van der Waals surface area contributed by atoms with Crippen LogP contribution in [0.25, 0.3) is 0 Å². The molecule has 156 valence electrons. The highest BCUT2D eigenvalue weighted by molar-refractivity contribution is 5.73. The normalized spacial score (nSPS) is 11.1. The van der Waals surface area contributed by atoms with Gasteiger partial charge in [0, 0.05) is 31.4 Å². The number of carbonyl (C=O) groups is 1. The van der Waals surface area contributed by atoms with Crippen LogP contribution in [-0.4, -0.2) is 11.0 Å². The molecule has 0 atom stereocenters. The number of aromatic nitrogens is 1. The number of ether oxygens (including phenoxy) is 1. The number of hydrogen-bond acceptors (Lipinski definition) is 3. The smallest absolute Gasteiger partial charge is 0.416 e. The fourth-order valence-electron chi connectivity index (χ4n) is 2.51. The first-order chi connectivity index (χ1) is 14.3. The molecule has 2 aromatic carbocycles. The number of rotatable bonds is 6. The maximum Gasteiger partial charge on any atom is 0.416 e. The number of amides is 2. The maximum atomic E-state index is 13.2. The highest BCUT2D eigenvalue weighted by Gasteiger charge is 2.30. The molecule has 0 bridgehead atoms. The first kappa shape index (κ1) is 21.1. The average Bonchev–Trinajstić information content (AvgIpc) is 2.71. The molecule has 3 rings (SSSR count). The van der Waals surface area contributed by atoms with Crippen molar-refractivity contribution in [3.05, 3.63) is 89.4 Å². The summed E-state index contributed by atoms with van der Waals surface area (Å²) in [6, 6.07) is 13.1. The molecule has 9 heteroatoms. The maximum absolute atomic E-state index is 13.2. The Morgan fingerprint density at radius 3 is 2.33 bits per heavy atom. The number of carbonyl (C=O) groups excluding carboxylic acids is 1. The third kappa shape index (κ3) is 6.20. The van der Waals surface area contributed by atoms with Gasteiger partial charge in [-0.25, -0.2) is 14.2 Å². The molecule has 0 saturated heterocycles. The van der Waals surface area contributed by atoms with Crippen LogP contribution in [-0.2, 0) is 19.3 Å². The van der Waals surface area contributed by atoms with Gasteiger partial charge in [-0.3, -0.25) is 0 Å². The Balaban J connectivity index is 1.47. The average molecular weight is 419 g/mol. The number of urea groups is 1. The Hall–Kier alpha value is -3.62. The van der Waals surface area contributed by atoms with E-state index in [0.29, 0.717) is 16.9 Å². The Morgan fingerprint density at radius 1 is 0.933 bits per heavy atom. The van der Waals surface area contributed by atoms with Crippen molar-refractivity contribution < 1.29 is 27.1 Å². The second-order valence-corrected chi connectivity index (χ2v) is 6.30. The Kier molecular flexibility index (Phi) is 6.51. The number of pyridine rings is 1. The molecular weight excluding hydrogens is 402 g/mol. The lowest BCUT2D eigenvalue weighted by atomic mass is 10.1. The summed E-state index contributed by atoms with van der Waals surface area (Å²) in [5.74, 6) is 0.144. The van der Waals surface area contributed by atoms with Crippen LogP contribution >= 0.6 is 0 Å². The van der Waals surface area contributed by atoms with Gasteiger partial charge in [-0.2, -0.15) is 13.2 Å². The molecule has 0 fully saturated rings. The van der Waals surface area contributed by atoms with Crippen LogP contribution in [0.4, 0.5) is 22.4 Å². The van der Waals surface area contributed by atoms with Crippen molar-refractivity contribution in [1.29, 1.82) is 0 Å². The van der Waals surface area contributed by atoms with Gasteiger partial charge in [0.1, 0.15) is 11.6 Å². The molecule has 0 aliphatic rings. The van der Waals surface area contributed by atoms with E-state index in [-0.39, 0.29) is 19.0 Å². The molecule has 0 saturated carbocycles. The predicted molar refractivity (Wildman–Crippen MR) is 101 cm³/mol. The largest absolute Gasteiger partial charge is 0.439 e. The van der Waals surface area contributed by atoms with Crippen LogP contribution in [0.3, 0.4) is 0 Å². The van der Waals surface area contributed by atoms with Crippen molar-refractivity contribution in [2.75, 3.05) is 0 Å². The van der Waals surface area contributed by atoms with Crippen LogP contribution in [0.1, 0.15) is 16.7 Å². The molecule has 1 heterocycles. The standard InChI is InChI=1S/C21H17F4N3O2/c22-17-5-2-6-18(10-17)30-19-8-7-15(12-26-19)13-28-20(29)27-11-14-3-1-4-16(9-14)21(23,24)25/h1-10,12H,11,13H2,(H2,27,28,29). The Bertz CT molecular complexity index is 1010. The van der Waals surface area contributed by atoms with Crippen molar-refractivity contribution in [2.24, 2.45) is 0 Å². The number of nitrogens with zero attached hydrogens (tertiary/aromatic N) is 1. The van der Waals surface area contributed by atoms with Crippen LogP contribution in [0.2, 0.25) is 0 Å². The molecule has 0 aliphatic carbocycles. The first-order valence-corrected chi connectivity index (χ1v) is 8.86. The van der Waals surface area contributed by atoms with Gasteiger partial charge in [0.05, 0.1) is 5.56 Å². The molecule has 0 unspecified atom stereocenters. The minimum absolute atomic E-state index is 0.0472. The van der Waals surface area contributed by atoms with Crippen molar-refractivity contribution in [1.82, 2.24) is 15.6 Å². The van der Waals surface area contributed by atoms with Gasteiger partial charge < -0.3 is 15.4 Å². The molecule has 0 spiro atoms. The highest BCUT2D eigenvalue weighted by Crippen LogP contribution is 2.29. The first-order valence-electron chi connectivity index (χ1n) is 8.86. The van der Waals surface area contributed by atoms with E-state index < -0.39 is 23.6 Å². The van der Waals surface area contributed by atoms with E-state index in [4.69, 9.17) is 4.74 Å². The fourth-order valence-corrected chi connectivity index (χ4v) is 2.51. The third-order valence-electron chi connectivity index (χ3n) is 3.98. The van der Waals surface area contributed by atoms with Crippen LogP contribution in [0, 0.1) is 5.82 Å². The van der Waals surface area contributed by atoms with Crippen LogP contribution in [0.15, 0.2) is 66.9 Å². The summed E-state index contributed by atoms with van der Waals surface area (Å²) in [5.41, 5.74) is 0.241. The van der Waals surface area contributed by atoms with E-state index in [1.165, 1.54) is 36.5 Å². The second-order valence-electron chi connectivity index (χ2n) is 6.30. The van der Waals surface area contributed by atoms with Crippen molar-refractivity contribution in [3.8, 4) is 11.6 Å². The number of halogens is 4. The van der Waals surface area contributed by atoms with E-state index in [1.54, 1.807) is 18.2 Å². The quantitative estimate of drug-likeness (QED) is 0.551. The van der Waals surface area contributed by atoms with Gasteiger partial charge in [-0.1, -0.05) is 24.3 Å². The molecule has 2 N–H and O–H groups in total. The number of nitrogens with one attached hydrogen (secondary N) is 2. The summed E-state index contributed by atoms with van der Waals surface area (Å²) in [4.78, 5) is 16.0. The third-order valence-corrected chi connectivity index (χ3v) is 3.98. The molecule has 2 amide bonds. The van der Waals surface area contributed by atoms with E-state index in [9.17, 15) is 22.4 Å². The van der Waals surface area contributed by atoms with Gasteiger partial charge in [-0.15, -0.1) is 0 Å². The minimum atomic E-state index is -4.43. The van der Waals surface area contributed by atoms with Crippen LogP contribution < -0.4 is 15.4 Å². The second kappa shape index (κ2) is 9.25. The molecule has 0 radical (unpaired) electrons. The zero-order valence-electron chi connectivity index (χ0n) is 15.5. The zero-order valence-corrected chi connectivity index (χ0v) is 15.5. The van der Waals surface area contributed by atoms with Crippen molar-refractivity contribution in [3.63, 3.8) is 0 Å². The molecular formula is C21H17F4N3O2. The molecule has 5 nitrogen and oxygen atoms in total. The fraction of sp³-hybridized carbons (Fsp3) is 0.143. The topological polar surface area (TPSA) is 63.2 Å². The lowest BCUT2D eigenvalue weighted by Gasteiger charge is -2.10. The summed E-state index contributed by atoms with van der Waals surface area (Å²) < 4.78 is 56.7. The van der Waals surface area contributed by atoms with Gasteiger partial charge >= 0.3 is 12.2 Å².